The summed E-state index contributed by atoms with van der Waals surface area (Å²) in [7, 11) is 0. The van der Waals surface area contributed by atoms with Crippen molar-refractivity contribution in [3.05, 3.63) is 51.8 Å². The molecule has 3 aromatic rings. The van der Waals surface area contributed by atoms with Gasteiger partial charge in [-0.3, -0.25) is 9.89 Å². The first-order chi connectivity index (χ1) is 10.3. The Morgan fingerprint density at radius 3 is 3.24 bits per heavy atom. The van der Waals surface area contributed by atoms with Gasteiger partial charge in [0.15, 0.2) is 0 Å². The lowest BCUT2D eigenvalue weighted by atomic mass is 9.99. The summed E-state index contributed by atoms with van der Waals surface area (Å²) in [4.78, 5) is 16.3. The second-order valence-corrected chi connectivity index (χ2v) is 6.36. The topological polar surface area (TPSA) is 49.0 Å². The molecule has 1 N–H and O–H groups in total. The Hall–Kier alpha value is -2.14. The number of fused-ring (bicyclic) bond motifs is 2. The van der Waals surface area contributed by atoms with Crippen molar-refractivity contribution in [1.82, 2.24) is 15.1 Å². The van der Waals surface area contributed by atoms with Crippen LogP contribution in [-0.4, -0.2) is 27.5 Å². The van der Waals surface area contributed by atoms with Crippen molar-refractivity contribution in [3.8, 4) is 0 Å². The van der Waals surface area contributed by atoms with Gasteiger partial charge in [-0.05, 0) is 42.5 Å². The van der Waals surface area contributed by atoms with Crippen LogP contribution < -0.4 is 0 Å². The molecule has 4 rings (SSSR count). The number of amides is 1. The van der Waals surface area contributed by atoms with Gasteiger partial charge >= 0.3 is 0 Å². The zero-order valence-electron chi connectivity index (χ0n) is 11.7. The van der Waals surface area contributed by atoms with Crippen LogP contribution in [0.5, 0.6) is 0 Å². The average Bonchev–Trinajstić information content (AvgIpc) is 3.15. The van der Waals surface area contributed by atoms with Crippen LogP contribution in [0.2, 0.25) is 0 Å². The molecule has 5 heteroatoms. The first-order valence-electron chi connectivity index (χ1n) is 7.05. The number of benzene rings is 1. The van der Waals surface area contributed by atoms with Gasteiger partial charge < -0.3 is 4.90 Å². The Bertz CT molecular complexity index is 820. The summed E-state index contributed by atoms with van der Waals surface area (Å²) in [5, 5.41) is 9.97. The van der Waals surface area contributed by atoms with Gasteiger partial charge in [-0.25, -0.2) is 0 Å². The summed E-state index contributed by atoms with van der Waals surface area (Å²) < 4.78 is 0. The molecule has 0 bridgehead atoms. The Balaban J connectivity index is 1.74. The van der Waals surface area contributed by atoms with E-state index in [2.05, 4.69) is 28.6 Å². The Morgan fingerprint density at radius 2 is 2.33 bits per heavy atom. The number of H-pyrrole nitrogens is 1. The molecule has 2 aromatic heterocycles. The monoisotopic (exact) mass is 297 g/mol. The maximum atomic E-state index is 12.9. The summed E-state index contributed by atoms with van der Waals surface area (Å²) in [6.45, 7) is 2.89. The summed E-state index contributed by atoms with van der Waals surface area (Å²) in [5.41, 5.74) is 2.92. The summed E-state index contributed by atoms with van der Waals surface area (Å²) >= 11 is 1.79. The molecule has 1 aliphatic rings. The normalized spacial score (nSPS) is 18.0. The smallest absolute Gasteiger partial charge is 0.255 e. The molecular formula is C16H15N3OS. The first kappa shape index (κ1) is 12.6. The molecule has 0 aliphatic carbocycles. The maximum absolute atomic E-state index is 12.9. The number of hydrogen-bond acceptors (Lipinski definition) is 3. The van der Waals surface area contributed by atoms with Gasteiger partial charge in [0, 0.05) is 16.8 Å². The number of rotatable bonds is 1. The fraction of sp³-hybridized carbons (Fsp3) is 0.250. The first-order valence-corrected chi connectivity index (χ1v) is 7.93. The second kappa shape index (κ2) is 4.70. The van der Waals surface area contributed by atoms with E-state index < -0.39 is 0 Å². The summed E-state index contributed by atoms with van der Waals surface area (Å²) in [5.74, 6) is 0.0892. The fourth-order valence-corrected chi connectivity index (χ4v) is 4.06. The van der Waals surface area contributed by atoms with Crippen molar-refractivity contribution in [2.45, 2.75) is 19.4 Å². The highest BCUT2D eigenvalue weighted by atomic mass is 32.1. The van der Waals surface area contributed by atoms with E-state index in [1.54, 1.807) is 17.5 Å². The van der Waals surface area contributed by atoms with Crippen LogP contribution in [0.3, 0.4) is 0 Å². The van der Waals surface area contributed by atoms with Crippen molar-refractivity contribution in [2.75, 3.05) is 6.54 Å². The minimum atomic E-state index is 0.0892. The Labute approximate surface area is 126 Å². The van der Waals surface area contributed by atoms with Gasteiger partial charge in [-0.1, -0.05) is 6.07 Å². The molecule has 4 nitrogen and oxygen atoms in total. The standard InChI is InChI=1S/C16H15N3OS/c1-10-11-6-8-21-15(11)5-7-19(10)16(20)12-3-2-4-14-13(12)9-17-18-14/h2-4,6,8-10H,5,7H2,1H3,(H,17,18)/t10-/m1/s1. The highest BCUT2D eigenvalue weighted by Gasteiger charge is 2.29. The van der Waals surface area contributed by atoms with Crippen LogP contribution in [0.1, 0.15) is 33.8 Å². The second-order valence-electron chi connectivity index (χ2n) is 5.36. The van der Waals surface area contributed by atoms with E-state index in [0.717, 1.165) is 29.4 Å². The molecule has 0 fully saturated rings. The number of thiophene rings is 1. The predicted octanol–water partition coefficient (Wildman–Crippen LogP) is 3.38. The van der Waals surface area contributed by atoms with E-state index in [9.17, 15) is 4.79 Å². The molecule has 0 saturated heterocycles. The molecule has 0 unspecified atom stereocenters. The van der Waals surface area contributed by atoms with Crippen LogP contribution in [0.15, 0.2) is 35.8 Å². The van der Waals surface area contributed by atoms with E-state index in [4.69, 9.17) is 0 Å². The Kier molecular flexibility index (Phi) is 2.82. The lowest BCUT2D eigenvalue weighted by Crippen LogP contribution is -2.38. The molecule has 1 aliphatic heterocycles. The van der Waals surface area contributed by atoms with E-state index in [1.165, 1.54) is 10.4 Å². The van der Waals surface area contributed by atoms with E-state index in [1.807, 2.05) is 23.1 Å². The fourth-order valence-electron chi connectivity index (χ4n) is 3.10. The largest absolute Gasteiger partial charge is 0.331 e. The van der Waals surface area contributed by atoms with Crippen LogP contribution in [0, 0.1) is 0 Å². The molecular weight excluding hydrogens is 282 g/mol. The van der Waals surface area contributed by atoms with Crippen LogP contribution in [0.4, 0.5) is 0 Å². The lowest BCUT2D eigenvalue weighted by Gasteiger charge is -2.33. The number of carbonyl (C=O) groups excluding carboxylic acids is 1. The molecule has 106 valence electrons. The van der Waals surface area contributed by atoms with Crippen molar-refractivity contribution in [2.24, 2.45) is 0 Å². The third-order valence-electron chi connectivity index (χ3n) is 4.25. The predicted molar refractivity (Wildman–Crippen MR) is 83.6 cm³/mol. The molecule has 0 radical (unpaired) electrons. The van der Waals surface area contributed by atoms with Gasteiger partial charge in [0.05, 0.1) is 23.3 Å². The summed E-state index contributed by atoms with van der Waals surface area (Å²) in [6.07, 6.45) is 2.68. The zero-order chi connectivity index (χ0) is 14.4. The minimum Gasteiger partial charge on any atom is -0.331 e. The van der Waals surface area contributed by atoms with Crippen molar-refractivity contribution in [3.63, 3.8) is 0 Å². The molecule has 1 aromatic carbocycles. The molecule has 0 saturated carbocycles. The molecule has 21 heavy (non-hydrogen) atoms. The van der Waals surface area contributed by atoms with Gasteiger partial charge in [0.1, 0.15) is 0 Å². The molecule has 3 heterocycles. The van der Waals surface area contributed by atoms with Gasteiger partial charge in [-0.15, -0.1) is 11.3 Å². The highest BCUT2D eigenvalue weighted by molar-refractivity contribution is 7.10. The third kappa shape index (κ3) is 1.88. The number of carbonyl (C=O) groups is 1. The quantitative estimate of drug-likeness (QED) is 0.748. The van der Waals surface area contributed by atoms with Crippen molar-refractivity contribution < 1.29 is 4.79 Å². The van der Waals surface area contributed by atoms with Crippen LogP contribution in [0.25, 0.3) is 10.9 Å². The van der Waals surface area contributed by atoms with Crippen molar-refractivity contribution in [1.29, 1.82) is 0 Å². The van der Waals surface area contributed by atoms with E-state index in [-0.39, 0.29) is 11.9 Å². The van der Waals surface area contributed by atoms with Crippen LogP contribution in [-0.2, 0) is 6.42 Å². The summed E-state index contributed by atoms with van der Waals surface area (Å²) in [6, 6.07) is 8.00. The highest BCUT2D eigenvalue weighted by Crippen LogP contribution is 2.34. The van der Waals surface area contributed by atoms with Gasteiger partial charge in [0.25, 0.3) is 5.91 Å². The molecule has 1 amide bonds. The van der Waals surface area contributed by atoms with Gasteiger partial charge in [0.2, 0.25) is 0 Å². The maximum Gasteiger partial charge on any atom is 0.255 e. The number of aromatic amines is 1. The minimum absolute atomic E-state index is 0.0892. The van der Waals surface area contributed by atoms with E-state index >= 15 is 0 Å². The number of hydrogen-bond donors (Lipinski definition) is 1. The lowest BCUT2D eigenvalue weighted by molar-refractivity contribution is 0.0681. The average molecular weight is 297 g/mol. The van der Waals surface area contributed by atoms with Gasteiger partial charge in [-0.2, -0.15) is 5.10 Å². The van der Waals surface area contributed by atoms with Crippen molar-refractivity contribution >= 4 is 28.1 Å². The number of aromatic nitrogens is 2. The number of nitrogens with one attached hydrogen (secondary N) is 1. The third-order valence-corrected chi connectivity index (χ3v) is 5.25. The SMILES string of the molecule is C[C@@H]1c2ccsc2CCN1C(=O)c1cccc2[nH]ncc12. The molecule has 1 atom stereocenters. The van der Waals surface area contributed by atoms with E-state index in [0.29, 0.717) is 0 Å². The van der Waals surface area contributed by atoms with Crippen LogP contribution >= 0.6 is 11.3 Å². The number of nitrogens with zero attached hydrogens (tertiary/aromatic N) is 2. The Morgan fingerprint density at radius 1 is 1.43 bits per heavy atom. The zero-order valence-corrected chi connectivity index (χ0v) is 12.5. The molecule has 0 spiro atoms.